The Hall–Kier alpha value is -2.82. The lowest BCUT2D eigenvalue weighted by Gasteiger charge is -2.33. The van der Waals surface area contributed by atoms with Crippen LogP contribution in [-0.4, -0.2) is 42.5 Å². The molecule has 1 atom stereocenters. The van der Waals surface area contributed by atoms with Crippen molar-refractivity contribution in [3.05, 3.63) is 66.2 Å². The second kappa shape index (κ2) is 8.46. The molecule has 0 aliphatic carbocycles. The summed E-state index contributed by atoms with van der Waals surface area (Å²) in [6.45, 7) is 2.11. The summed E-state index contributed by atoms with van der Waals surface area (Å²) in [6.07, 6.45) is 3.51. The van der Waals surface area contributed by atoms with Crippen LogP contribution in [0.5, 0.6) is 0 Å². The van der Waals surface area contributed by atoms with Gasteiger partial charge in [0.1, 0.15) is 0 Å². The standard InChI is InChI=1S/C23H27N3O2/c27-22-16-20(17-26(22)21-9-5-2-6-10-21)24-23(28)25-13-11-19(12-14-25)15-18-7-3-1-4-8-18/h1-10,19-20H,11-17H2,(H,24,28). The molecule has 5 nitrogen and oxygen atoms in total. The molecule has 146 valence electrons. The highest BCUT2D eigenvalue weighted by Gasteiger charge is 2.33. The molecule has 2 aromatic rings. The maximum Gasteiger partial charge on any atom is 0.317 e. The minimum atomic E-state index is -0.123. The molecule has 2 fully saturated rings. The first-order valence-corrected chi connectivity index (χ1v) is 10.1. The molecule has 2 aromatic carbocycles. The second-order valence-electron chi connectivity index (χ2n) is 7.81. The van der Waals surface area contributed by atoms with Gasteiger partial charge >= 0.3 is 6.03 Å². The largest absolute Gasteiger partial charge is 0.333 e. The Morgan fingerprint density at radius 3 is 2.29 bits per heavy atom. The number of piperidine rings is 1. The Morgan fingerprint density at radius 1 is 0.964 bits per heavy atom. The van der Waals surface area contributed by atoms with Gasteiger partial charge in [0, 0.05) is 31.7 Å². The molecule has 28 heavy (non-hydrogen) atoms. The third kappa shape index (κ3) is 4.35. The van der Waals surface area contributed by atoms with E-state index in [-0.39, 0.29) is 18.0 Å². The van der Waals surface area contributed by atoms with E-state index in [9.17, 15) is 9.59 Å². The lowest BCUT2D eigenvalue weighted by atomic mass is 9.90. The fraction of sp³-hybridized carbons (Fsp3) is 0.391. The third-order valence-corrected chi connectivity index (χ3v) is 5.79. The topological polar surface area (TPSA) is 52.7 Å². The third-order valence-electron chi connectivity index (χ3n) is 5.79. The summed E-state index contributed by atoms with van der Waals surface area (Å²) < 4.78 is 0. The molecule has 2 saturated heterocycles. The number of anilines is 1. The van der Waals surface area contributed by atoms with E-state index in [0.29, 0.717) is 18.9 Å². The minimum Gasteiger partial charge on any atom is -0.333 e. The highest BCUT2D eigenvalue weighted by molar-refractivity contribution is 5.96. The van der Waals surface area contributed by atoms with Gasteiger partial charge in [0.15, 0.2) is 0 Å². The van der Waals surface area contributed by atoms with Crippen molar-refractivity contribution in [1.29, 1.82) is 0 Å². The van der Waals surface area contributed by atoms with E-state index in [0.717, 1.165) is 38.0 Å². The van der Waals surface area contributed by atoms with Crippen LogP contribution in [-0.2, 0) is 11.2 Å². The zero-order valence-electron chi connectivity index (χ0n) is 16.1. The molecule has 0 bridgehead atoms. The zero-order chi connectivity index (χ0) is 19.3. The van der Waals surface area contributed by atoms with Crippen molar-refractivity contribution in [2.24, 2.45) is 5.92 Å². The molecule has 2 heterocycles. The number of nitrogens with one attached hydrogen (secondary N) is 1. The monoisotopic (exact) mass is 377 g/mol. The summed E-state index contributed by atoms with van der Waals surface area (Å²) in [4.78, 5) is 28.6. The van der Waals surface area contributed by atoms with E-state index in [1.807, 2.05) is 41.3 Å². The Labute approximate surface area is 166 Å². The second-order valence-corrected chi connectivity index (χ2v) is 7.81. The van der Waals surface area contributed by atoms with E-state index < -0.39 is 0 Å². The normalized spacial score (nSPS) is 20.4. The molecular formula is C23H27N3O2. The van der Waals surface area contributed by atoms with Crippen molar-refractivity contribution in [2.75, 3.05) is 24.5 Å². The number of carbonyl (C=O) groups excluding carboxylic acids is 2. The molecule has 0 radical (unpaired) electrons. The van der Waals surface area contributed by atoms with Crippen LogP contribution in [0.25, 0.3) is 0 Å². The van der Waals surface area contributed by atoms with E-state index in [2.05, 4.69) is 29.6 Å². The summed E-state index contributed by atoms with van der Waals surface area (Å²) in [5, 5.41) is 3.07. The Kier molecular flexibility index (Phi) is 5.60. The molecule has 5 heteroatoms. The number of hydrogen-bond acceptors (Lipinski definition) is 2. The van der Waals surface area contributed by atoms with Crippen LogP contribution in [0.4, 0.5) is 10.5 Å². The number of benzene rings is 2. The number of urea groups is 1. The molecule has 4 rings (SSSR count). The first-order valence-electron chi connectivity index (χ1n) is 10.1. The molecule has 3 amide bonds. The Balaban J connectivity index is 1.25. The summed E-state index contributed by atoms with van der Waals surface area (Å²) in [5.41, 5.74) is 2.27. The van der Waals surface area contributed by atoms with Gasteiger partial charge in [-0.3, -0.25) is 4.79 Å². The molecule has 0 saturated carbocycles. The van der Waals surface area contributed by atoms with Crippen LogP contribution in [0.3, 0.4) is 0 Å². The van der Waals surface area contributed by atoms with Gasteiger partial charge < -0.3 is 15.1 Å². The maximum atomic E-state index is 12.7. The van der Waals surface area contributed by atoms with Crippen LogP contribution < -0.4 is 10.2 Å². The van der Waals surface area contributed by atoms with Crippen molar-refractivity contribution in [3.63, 3.8) is 0 Å². The molecule has 2 aliphatic rings. The van der Waals surface area contributed by atoms with Crippen molar-refractivity contribution >= 4 is 17.6 Å². The van der Waals surface area contributed by atoms with Crippen LogP contribution >= 0.6 is 0 Å². The number of amides is 3. The number of nitrogens with zero attached hydrogens (tertiary/aromatic N) is 2. The van der Waals surface area contributed by atoms with Gasteiger partial charge in [-0.25, -0.2) is 4.79 Å². The predicted octanol–water partition coefficient (Wildman–Crippen LogP) is 3.46. The van der Waals surface area contributed by atoms with E-state index in [1.54, 1.807) is 4.90 Å². The van der Waals surface area contributed by atoms with Gasteiger partial charge in [-0.15, -0.1) is 0 Å². The van der Waals surface area contributed by atoms with Crippen LogP contribution in [0.2, 0.25) is 0 Å². The smallest absolute Gasteiger partial charge is 0.317 e. The molecule has 1 N–H and O–H groups in total. The van der Waals surface area contributed by atoms with Gasteiger partial charge in [-0.2, -0.15) is 0 Å². The van der Waals surface area contributed by atoms with Gasteiger partial charge in [0.25, 0.3) is 0 Å². The summed E-state index contributed by atoms with van der Waals surface area (Å²) in [7, 11) is 0. The van der Waals surface area contributed by atoms with E-state index >= 15 is 0 Å². The fourth-order valence-corrected chi connectivity index (χ4v) is 4.22. The SMILES string of the molecule is O=C(NC1CC(=O)N(c2ccccc2)C1)N1CCC(Cc2ccccc2)CC1. The Bertz CT molecular complexity index is 801. The summed E-state index contributed by atoms with van der Waals surface area (Å²) >= 11 is 0. The molecule has 1 unspecified atom stereocenters. The highest BCUT2D eigenvalue weighted by Crippen LogP contribution is 2.23. The molecule has 2 aliphatic heterocycles. The summed E-state index contributed by atoms with van der Waals surface area (Å²) in [5.74, 6) is 0.700. The zero-order valence-corrected chi connectivity index (χ0v) is 16.1. The summed E-state index contributed by atoms with van der Waals surface area (Å²) in [6, 6.07) is 20.0. The number of rotatable bonds is 4. The van der Waals surface area contributed by atoms with Gasteiger partial charge in [0.05, 0.1) is 6.04 Å². The minimum absolute atomic E-state index is 0.0362. The van der Waals surface area contributed by atoms with E-state index in [4.69, 9.17) is 0 Å². The van der Waals surface area contributed by atoms with Crippen molar-refractivity contribution < 1.29 is 9.59 Å². The number of likely N-dealkylation sites (tertiary alicyclic amines) is 1. The van der Waals surface area contributed by atoms with Crippen molar-refractivity contribution in [3.8, 4) is 0 Å². The van der Waals surface area contributed by atoms with Gasteiger partial charge in [-0.05, 0) is 42.9 Å². The van der Waals surface area contributed by atoms with Crippen molar-refractivity contribution in [2.45, 2.75) is 31.7 Å². The molecule has 0 aromatic heterocycles. The Morgan fingerprint density at radius 2 is 1.61 bits per heavy atom. The lowest BCUT2D eigenvalue weighted by Crippen LogP contribution is -2.48. The maximum absolute atomic E-state index is 12.7. The lowest BCUT2D eigenvalue weighted by molar-refractivity contribution is -0.117. The first kappa shape index (κ1) is 18.5. The highest BCUT2D eigenvalue weighted by atomic mass is 16.2. The number of hydrogen-bond donors (Lipinski definition) is 1. The van der Waals surface area contributed by atoms with Crippen LogP contribution in [0.15, 0.2) is 60.7 Å². The quantitative estimate of drug-likeness (QED) is 0.887. The number of para-hydroxylation sites is 1. The van der Waals surface area contributed by atoms with Gasteiger partial charge in [0.2, 0.25) is 5.91 Å². The van der Waals surface area contributed by atoms with Crippen LogP contribution in [0, 0.1) is 5.92 Å². The van der Waals surface area contributed by atoms with Gasteiger partial charge in [-0.1, -0.05) is 48.5 Å². The van der Waals surface area contributed by atoms with Crippen LogP contribution in [0.1, 0.15) is 24.8 Å². The average Bonchev–Trinajstić information content (AvgIpc) is 3.10. The molecular weight excluding hydrogens is 350 g/mol. The van der Waals surface area contributed by atoms with E-state index in [1.165, 1.54) is 5.56 Å². The fourth-order valence-electron chi connectivity index (χ4n) is 4.22. The number of carbonyl (C=O) groups is 2. The molecule has 0 spiro atoms. The van der Waals surface area contributed by atoms with Crippen molar-refractivity contribution in [1.82, 2.24) is 10.2 Å². The predicted molar refractivity (Wildman–Crippen MR) is 110 cm³/mol. The average molecular weight is 377 g/mol. The first-order chi connectivity index (χ1) is 13.7.